The molecule has 1 aliphatic rings. The second-order valence-corrected chi connectivity index (χ2v) is 5.04. The van der Waals surface area contributed by atoms with Crippen LogP contribution in [0.2, 0.25) is 0 Å². The molecular formula is C14H27NO2. The Labute approximate surface area is 106 Å². The van der Waals surface area contributed by atoms with Crippen molar-refractivity contribution >= 4 is 5.91 Å². The summed E-state index contributed by atoms with van der Waals surface area (Å²) in [6.07, 6.45) is 7.43. The average molecular weight is 241 g/mol. The molecule has 100 valence electrons. The number of rotatable bonds is 7. The Morgan fingerprint density at radius 3 is 2.47 bits per heavy atom. The molecular weight excluding hydrogens is 214 g/mol. The van der Waals surface area contributed by atoms with Crippen molar-refractivity contribution in [2.24, 2.45) is 5.92 Å². The van der Waals surface area contributed by atoms with Crippen LogP contribution in [0.4, 0.5) is 0 Å². The smallest absolute Gasteiger partial charge is 0.225 e. The predicted octanol–water partition coefficient (Wildman–Crippen LogP) is 2.84. The van der Waals surface area contributed by atoms with Gasteiger partial charge in [0, 0.05) is 19.0 Å². The van der Waals surface area contributed by atoms with E-state index < -0.39 is 0 Å². The number of hydrogen-bond acceptors (Lipinski definition) is 2. The summed E-state index contributed by atoms with van der Waals surface area (Å²) in [7, 11) is 0. The first kappa shape index (κ1) is 14.5. The first-order valence-electron chi connectivity index (χ1n) is 7.12. The lowest BCUT2D eigenvalue weighted by Crippen LogP contribution is -2.43. The van der Waals surface area contributed by atoms with Crippen LogP contribution in [-0.2, 0) is 9.53 Å². The normalized spacial score (nSPS) is 18.1. The summed E-state index contributed by atoms with van der Waals surface area (Å²) in [5.41, 5.74) is 0. The van der Waals surface area contributed by atoms with Gasteiger partial charge < -0.3 is 9.64 Å². The van der Waals surface area contributed by atoms with Gasteiger partial charge in [-0.2, -0.15) is 0 Å². The van der Waals surface area contributed by atoms with E-state index in [4.69, 9.17) is 4.74 Å². The van der Waals surface area contributed by atoms with Crippen molar-refractivity contribution in [2.75, 3.05) is 26.3 Å². The Bertz CT molecular complexity index is 212. The van der Waals surface area contributed by atoms with Crippen LogP contribution in [0.3, 0.4) is 0 Å². The maximum Gasteiger partial charge on any atom is 0.225 e. The van der Waals surface area contributed by atoms with Crippen LogP contribution in [0.5, 0.6) is 0 Å². The molecule has 1 saturated heterocycles. The second-order valence-electron chi connectivity index (χ2n) is 5.04. The monoisotopic (exact) mass is 241 g/mol. The lowest BCUT2D eigenvalue weighted by molar-refractivity contribution is -0.139. The molecule has 1 unspecified atom stereocenters. The van der Waals surface area contributed by atoms with Crippen molar-refractivity contribution in [2.45, 2.75) is 52.4 Å². The van der Waals surface area contributed by atoms with Gasteiger partial charge in [-0.15, -0.1) is 0 Å². The van der Waals surface area contributed by atoms with Crippen molar-refractivity contribution in [1.29, 1.82) is 0 Å². The minimum Gasteiger partial charge on any atom is -0.378 e. The highest BCUT2D eigenvalue weighted by Gasteiger charge is 2.21. The van der Waals surface area contributed by atoms with Gasteiger partial charge in [-0.1, -0.05) is 46.0 Å². The molecule has 1 rings (SSSR count). The lowest BCUT2D eigenvalue weighted by atomic mass is 10.0. The summed E-state index contributed by atoms with van der Waals surface area (Å²) < 4.78 is 5.26. The molecule has 0 spiro atoms. The van der Waals surface area contributed by atoms with E-state index in [1.54, 1.807) is 0 Å². The van der Waals surface area contributed by atoms with Gasteiger partial charge in [0.15, 0.2) is 0 Å². The summed E-state index contributed by atoms with van der Waals surface area (Å²) in [5, 5.41) is 0. The minimum atomic E-state index is 0.190. The summed E-state index contributed by atoms with van der Waals surface area (Å²) in [6, 6.07) is 0. The summed E-state index contributed by atoms with van der Waals surface area (Å²) in [5.74, 6) is 0.513. The van der Waals surface area contributed by atoms with E-state index in [1.807, 2.05) is 4.90 Å². The highest BCUT2D eigenvalue weighted by Crippen LogP contribution is 2.14. The highest BCUT2D eigenvalue weighted by atomic mass is 16.5. The summed E-state index contributed by atoms with van der Waals surface area (Å²) in [6.45, 7) is 7.25. The number of nitrogens with zero attached hydrogens (tertiary/aromatic N) is 1. The number of carbonyl (C=O) groups excluding carboxylic acids is 1. The number of morpholine rings is 1. The molecule has 1 amide bonds. The van der Waals surface area contributed by atoms with Gasteiger partial charge in [0.05, 0.1) is 13.2 Å². The van der Waals surface area contributed by atoms with Crippen molar-refractivity contribution in [3.05, 3.63) is 0 Å². The van der Waals surface area contributed by atoms with Crippen molar-refractivity contribution in [1.82, 2.24) is 4.90 Å². The average Bonchev–Trinajstić information content (AvgIpc) is 2.38. The Morgan fingerprint density at radius 1 is 1.18 bits per heavy atom. The highest BCUT2D eigenvalue weighted by molar-refractivity contribution is 5.78. The van der Waals surface area contributed by atoms with Crippen molar-refractivity contribution in [3.8, 4) is 0 Å². The third-order valence-corrected chi connectivity index (χ3v) is 3.49. The molecule has 3 nitrogen and oxygen atoms in total. The largest absolute Gasteiger partial charge is 0.378 e. The van der Waals surface area contributed by atoms with E-state index in [-0.39, 0.29) is 5.92 Å². The summed E-state index contributed by atoms with van der Waals surface area (Å²) in [4.78, 5) is 14.0. The van der Waals surface area contributed by atoms with Gasteiger partial charge in [0.1, 0.15) is 0 Å². The van der Waals surface area contributed by atoms with Gasteiger partial charge >= 0.3 is 0 Å². The zero-order valence-electron chi connectivity index (χ0n) is 11.4. The minimum absolute atomic E-state index is 0.190. The van der Waals surface area contributed by atoms with E-state index in [2.05, 4.69) is 13.8 Å². The maximum absolute atomic E-state index is 12.1. The van der Waals surface area contributed by atoms with Crippen molar-refractivity contribution < 1.29 is 9.53 Å². The maximum atomic E-state index is 12.1. The van der Waals surface area contributed by atoms with E-state index in [0.717, 1.165) is 19.5 Å². The van der Waals surface area contributed by atoms with Crippen LogP contribution in [0.15, 0.2) is 0 Å². The molecule has 0 aromatic heterocycles. The topological polar surface area (TPSA) is 29.5 Å². The second kappa shape index (κ2) is 8.51. The van der Waals surface area contributed by atoms with Gasteiger partial charge in [-0.05, 0) is 6.42 Å². The molecule has 3 heteroatoms. The Morgan fingerprint density at radius 2 is 1.82 bits per heavy atom. The molecule has 0 radical (unpaired) electrons. The molecule has 0 bridgehead atoms. The number of hydrogen-bond donors (Lipinski definition) is 0. The summed E-state index contributed by atoms with van der Waals surface area (Å²) >= 11 is 0. The van der Waals surface area contributed by atoms with E-state index in [0.29, 0.717) is 19.1 Å². The third-order valence-electron chi connectivity index (χ3n) is 3.49. The first-order valence-corrected chi connectivity index (χ1v) is 7.12. The van der Waals surface area contributed by atoms with E-state index in [9.17, 15) is 4.79 Å². The van der Waals surface area contributed by atoms with Crippen LogP contribution in [0, 0.1) is 5.92 Å². The quantitative estimate of drug-likeness (QED) is 0.641. The molecule has 1 atom stereocenters. The molecule has 0 aromatic rings. The molecule has 0 aliphatic carbocycles. The number of ether oxygens (including phenoxy) is 1. The SMILES string of the molecule is CCCCCCCC(C)C(=O)N1CCOCC1. The molecule has 0 N–H and O–H groups in total. The van der Waals surface area contributed by atoms with Gasteiger partial charge in [-0.25, -0.2) is 0 Å². The fraction of sp³-hybridized carbons (Fsp3) is 0.929. The molecule has 1 aliphatic heterocycles. The van der Waals surface area contributed by atoms with Crippen LogP contribution in [-0.4, -0.2) is 37.1 Å². The molecule has 1 heterocycles. The predicted molar refractivity (Wildman–Crippen MR) is 69.9 cm³/mol. The Hall–Kier alpha value is -0.570. The van der Waals surface area contributed by atoms with E-state index in [1.165, 1.54) is 32.1 Å². The van der Waals surface area contributed by atoms with Gasteiger partial charge in [-0.3, -0.25) is 4.79 Å². The molecule has 1 fully saturated rings. The Kier molecular flexibility index (Phi) is 7.25. The van der Waals surface area contributed by atoms with E-state index >= 15 is 0 Å². The zero-order valence-corrected chi connectivity index (χ0v) is 11.4. The van der Waals surface area contributed by atoms with Gasteiger partial charge in [0.25, 0.3) is 0 Å². The fourth-order valence-electron chi connectivity index (χ4n) is 2.27. The molecule has 17 heavy (non-hydrogen) atoms. The Balaban J connectivity index is 2.12. The van der Waals surface area contributed by atoms with Crippen LogP contribution in [0.1, 0.15) is 52.4 Å². The number of unbranched alkanes of at least 4 members (excludes halogenated alkanes) is 4. The molecule has 0 saturated carbocycles. The zero-order chi connectivity index (χ0) is 12.5. The van der Waals surface area contributed by atoms with Crippen LogP contribution >= 0.6 is 0 Å². The molecule has 0 aromatic carbocycles. The van der Waals surface area contributed by atoms with Gasteiger partial charge in [0.2, 0.25) is 5.91 Å². The van der Waals surface area contributed by atoms with Crippen LogP contribution < -0.4 is 0 Å². The lowest BCUT2D eigenvalue weighted by Gasteiger charge is -2.29. The van der Waals surface area contributed by atoms with Crippen LogP contribution in [0.25, 0.3) is 0 Å². The number of amides is 1. The standard InChI is InChI=1S/C14H27NO2/c1-3-4-5-6-7-8-13(2)14(16)15-9-11-17-12-10-15/h13H,3-12H2,1-2H3. The van der Waals surface area contributed by atoms with Crippen molar-refractivity contribution in [3.63, 3.8) is 0 Å². The fourth-order valence-corrected chi connectivity index (χ4v) is 2.27. The number of carbonyl (C=O) groups is 1. The third kappa shape index (κ3) is 5.53. The first-order chi connectivity index (χ1) is 8.25.